The van der Waals surface area contributed by atoms with Gasteiger partial charge >= 0.3 is 0 Å². The first kappa shape index (κ1) is 24.4. The maximum atomic E-state index is 13.1. The summed E-state index contributed by atoms with van der Waals surface area (Å²) >= 11 is 6.12. The van der Waals surface area contributed by atoms with Gasteiger partial charge in [0, 0.05) is 11.1 Å². The van der Waals surface area contributed by atoms with Gasteiger partial charge in [-0.15, -0.1) is 0 Å². The van der Waals surface area contributed by atoms with E-state index in [-0.39, 0.29) is 27.9 Å². The second kappa shape index (κ2) is 9.85. The number of aromatic nitrogens is 2. The summed E-state index contributed by atoms with van der Waals surface area (Å²) in [5.41, 5.74) is 1.64. The third-order valence-electron chi connectivity index (χ3n) is 5.00. The number of carbonyl (C=O) groups is 2. The first-order valence-electron chi connectivity index (χ1n) is 10.7. The highest BCUT2D eigenvalue weighted by atomic mass is 35.5. The number of rotatable bonds is 7. The molecular weight excluding hydrogens is 492 g/mol. The van der Waals surface area contributed by atoms with E-state index in [0.29, 0.717) is 23.1 Å². The van der Waals surface area contributed by atoms with Gasteiger partial charge in [0.1, 0.15) is 11.3 Å². The van der Waals surface area contributed by atoms with Gasteiger partial charge in [0.25, 0.3) is 11.8 Å². The molecule has 9 nitrogen and oxygen atoms in total. The summed E-state index contributed by atoms with van der Waals surface area (Å²) < 4.78 is 30.5. The van der Waals surface area contributed by atoms with Crippen LogP contribution < -0.4 is 10.6 Å². The predicted octanol–water partition coefficient (Wildman–Crippen LogP) is 4.87. The lowest BCUT2D eigenvalue weighted by molar-refractivity contribution is 0.0999. The normalized spacial score (nSPS) is 11.4. The highest BCUT2D eigenvalue weighted by Gasteiger charge is 2.26. The summed E-state index contributed by atoms with van der Waals surface area (Å²) in [4.78, 5) is 33.9. The molecule has 0 saturated carbocycles. The summed E-state index contributed by atoms with van der Waals surface area (Å²) in [5, 5.41) is 5.20. The first-order valence-corrected chi connectivity index (χ1v) is 12.7. The molecule has 0 unspecified atom stereocenters. The number of halogens is 1. The Balaban J connectivity index is 1.71. The Morgan fingerprint density at radius 3 is 2.57 bits per heavy atom. The van der Waals surface area contributed by atoms with Crippen molar-refractivity contribution in [3.8, 4) is 0 Å². The number of anilines is 2. The van der Waals surface area contributed by atoms with E-state index in [1.54, 1.807) is 49.4 Å². The molecular formula is C24H21ClN4O5S. The third-order valence-corrected chi connectivity index (χ3v) is 6.98. The molecule has 2 amide bonds. The molecule has 2 heterocycles. The molecule has 0 radical (unpaired) electrons. The van der Waals surface area contributed by atoms with Crippen LogP contribution in [0.5, 0.6) is 0 Å². The van der Waals surface area contributed by atoms with Crippen molar-refractivity contribution < 1.29 is 22.4 Å². The Morgan fingerprint density at radius 2 is 1.83 bits per heavy atom. The number of para-hydroxylation sites is 1. The van der Waals surface area contributed by atoms with Crippen LogP contribution in [0.15, 0.2) is 64.3 Å². The molecule has 0 aliphatic heterocycles. The lowest BCUT2D eigenvalue weighted by Crippen LogP contribution is -2.20. The van der Waals surface area contributed by atoms with E-state index in [0.717, 1.165) is 11.8 Å². The first-order chi connectivity index (χ1) is 16.7. The summed E-state index contributed by atoms with van der Waals surface area (Å²) in [6.45, 7) is 3.59. The van der Waals surface area contributed by atoms with E-state index in [4.69, 9.17) is 16.0 Å². The summed E-state index contributed by atoms with van der Waals surface area (Å²) in [5.74, 6) is -1.71. The molecule has 0 fully saturated rings. The van der Waals surface area contributed by atoms with E-state index in [9.17, 15) is 18.0 Å². The highest BCUT2D eigenvalue weighted by Crippen LogP contribution is 2.32. The highest BCUT2D eigenvalue weighted by molar-refractivity contribution is 7.91. The van der Waals surface area contributed by atoms with Crippen molar-refractivity contribution in [2.24, 2.45) is 0 Å². The molecule has 4 rings (SSSR count). The standard InChI is InChI=1S/C24H21ClN4O5S/c1-3-11-35(32,33)24-26-13-17(25)20(29-24)22(30)28-19-16-9-4-5-10-18(16)34-21(19)23(31)27-15-8-6-7-14(2)12-15/h4-10,12-13H,3,11H2,1-2H3,(H,27,31)(H,28,30). The van der Waals surface area contributed by atoms with Crippen molar-refractivity contribution in [1.82, 2.24) is 9.97 Å². The SMILES string of the molecule is CCCS(=O)(=O)c1ncc(Cl)c(C(=O)Nc2c(C(=O)Nc3cccc(C)c3)oc3ccccc23)n1. The molecule has 35 heavy (non-hydrogen) atoms. The fourth-order valence-corrected chi connectivity index (χ4v) is 4.77. The van der Waals surface area contributed by atoms with Gasteiger partial charge in [-0.3, -0.25) is 9.59 Å². The minimum Gasteiger partial charge on any atom is -0.449 e. The zero-order chi connectivity index (χ0) is 25.2. The third kappa shape index (κ3) is 5.18. The van der Waals surface area contributed by atoms with Crippen LogP contribution in [0.1, 0.15) is 40.0 Å². The molecule has 0 atom stereocenters. The smallest absolute Gasteiger partial charge is 0.293 e. The molecule has 2 N–H and O–H groups in total. The number of sulfone groups is 1. The Hall–Kier alpha value is -3.76. The molecule has 0 bridgehead atoms. The summed E-state index contributed by atoms with van der Waals surface area (Å²) in [6, 6.07) is 14.0. The fraction of sp³-hybridized carbons (Fsp3) is 0.167. The molecule has 2 aromatic carbocycles. The molecule has 2 aromatic heterocycles. The summed E-state index contributed by atoms with van der Waals surface area (Å²) in [7, 11) is -3.78. The van der Waals surface area contributed by atoms with Crippen molar-refractivity contribution in [3.63, 3.8) is 0 Å². The topological polar surface area (TPSA) is 131 Å². The second-order valence-corrected chi connectivity index (χ2v) is 10.2. The van der Waals surface area contributed by atoms with Gasteiger partial charge in [0.15, 0.2) is 5.69 Å². The van der Waals surface area contributed by atoms with Crippen molar-refractivity contribution in [1.29, 1.82) is 0 Å². The van der Waals surface area contributed by atoms with Crippen molar-refractivity contribution in [2.75, 3.05) is 16.4 Å². The van der Waals surface area contributed by atoms with Crippen LogP contribution in [0.25, 0.3) is 11.0 Å². The van der Waals surface area contributed by atoms with Gasteiger partial charge < -0.3 is 15.1 Å². The number of amides is 2. The Labute approximate surface area is 206 Å². The van der Waals surface area contributed by atoms with E-state index < -0.39 is 26.8 Å². The number of hydrogen-bond acceptors (Lipinski definition) is 7. The van der Waals surface area contributed by atoms with Gasteiger partial charge in [-0.05, 0) is 43.2 Å². The average Bonchev–Trinajstić information content (AvgIpc) is 3.17. The minimum atomic E-state index is -3.78. The molecule has 180 valence electrons. The molecule has 0 spiro atoms. The van der Waals surface area contributed by atoms with Crippen LogP contribution in [0.4, 0.5) is 11.4 Å². The number of nitrogens with zero attached hydrogens (tertiary/aromatic N) is 2. The quantitative estimate of drug-likeness (QED) is 0.337. The molecule has 0 saturated heterocycles. The van der Waals surface area contributed by atoms with E-state index in [2.05, 4.69) is 20.6 Å². The number of carbonyl (C=O) groups excluding carboxylic acids is 2. The maximum Gasteiger partial charge on any atom is 0.293 e. The molecule has 0 aliphatic carbocycles. The minimum absolute atomic E-state index is 0.100. The molecule has 0 aliphatic rings. The molecule has 11 heteroatoms. The number of hydrogen-bond donors (Lipinski definition) is 2. The van der Waals surface area contributed by atoms with Crippen LogP contribution >= 0.6 is 11.6 Å². The largest absolute Gasteiger partial charge is 0.449 e. The fourth-order valence-electron chi connectivity index (χ4n) is 3.43. The van der Waals surface area contributed by atoms with Crippen LogP contribution in [-0.4, -0.2) is 36.0 Å². The van der Waals surface area contributed by atoms with Gasteiger partial charge in [-0.25, -0.2) is 18.4 Å². The molecule has 4 aromatic rings. The maximum absolute atomic E-state index is 13.1. The van der Waals surface area contributed by atoms with E-state index in [1.807, 2.05) is 13.0 Å². The van der Waals surface area contributed by atoms with Crippen LogP contribution in [0.3, 0.4) is 0 Å². The number of benzene rings is 2. The van der Waals surface area contributed by atoms with E-state index in [1.165, 1.54) is 0 Å². The van der Waals surface area contributed by atoms with E-state index >= 15 is 0 Å². The lowest BCUT2D eigenvalue weighted by atomic mass is 10.2. The Bertz CT molecular complexity index is 1550. The number of nitrogens with one attached hydrogen (secondary N) is 2. The van der Waals surface area contributed by atoms with Crippen molar-refractivity contribution in [3.05, 3.63) is 76.8 Å². The summed E-state index contributed by atoms with van der Waals surface area (Å²) in [6.07, 6.45) is 1.42. The lowest BCUT2D eigenvalue weighted by Gasteiger charge is -2.09. The number of fused-ring (bicyclic) bond motifs is 1. The van der Waals surface area contributed by atoms with Crippen LogP contribution in [0.2, 0.25) is 5.02 Å². The Morgan fingerprint density at radius 1 is 1.06 bits per heavy atom. The monoisotopic (exact) mass is 512 g/mol. The zero-order valence-corrected chi connectivity index (χ0v) is 20.4. The van der Waals surface area contributed by atoms with Crippen molar-refractivity contribution in [2.45, 2.75) is 25.4 Å². The van der Waals surface area contributed by atoms with Crippen LogP contribution in [-0.2, 0) is 9.84 Å². The zero-order valence-electron chi connectivity index (χ0n) is 18.8. The second-order valence-electron chi connectivity index (χ2n) is 7.75. The van der Waals surface area contributed by atoms with Gasteiger partial charge in [-0.2, -0.15) is 0 Å². The average molecular weight is 513 g/mol. The number of furan rings is 1. The predicted molar refractivity (Wildman–Crippen MR) is 133 cm³/mol. The Kier molecular flexibility index (Phi) is 6.86. The van der Waals surface area contributed by atoms with Gasteiger partial charge in [-0.1, -0.05) is 42.8 Å². The van der Waals surface area contributed by atoms with Gasteiger partial charge in [0.05, 0.1) is 17.0 Å². The number of aryl methyl sites for hydroxylation is 1. The van der Waals surface area contributed by atoms with Crippen LogP contribution in [0, 0.1) is 6.92 Å². The van der Waals surface area contributed by atoms with Crippen molar-refractivity contribution >= 4 is 55.6 Å². The van der Waals surface area contributed by atoms with Gasteiger partial charge in [0.2, 0.25) is 20.8 Å².